The van der Waals surface area contributed by atoms with Crippen molar-refractivity contribution in [3.05, 3.63) is 29.8 Å². The Hall–Kier alpha value is -1.32. The minimum atomic E-state index is -4.26. The lowest BCUT2D eigenvalue weighted by atomic mass is 10.1. The Balaban J connectivity index is 2.93. The van der Waals surface area contributed by atoms with E-state index in [1.165, 1.54) is 12.1 Å². The van der Waals surface area contributed by atoms with Gasteiger partial charge in [0.1, 0.15) is 12.2 Å². The number of hydrogen-bond donors (Lipinski definition) is 3. The van der Waals surface area contributed by atoms with Crippen molar-refractivity contribution in [3.8, 4) is 0 Å². The molecule has 0 bridgehead atoms. The van der Waals surface area contributed by atoms with Crippen LogP contribution in [0.1, 0.15) is 5.56 Å². The first kappa shape index (κ1) is 16.7. The zero-order valence-corrected chi connectivity index (χ0v) is 11.5. The van der Waals surface area contributed by atoms with Gasteiger partial charge in [0.25, 0.3) is 10.1 Å². The molecular weight excluding hydrogens is 288 g/mol. The van der Waals surface area contributed by atoms with Gasteiger partial charge >= 0.3 is 0 Å². The molecule has 0 aliphatic rings. The van der Waals surface area contributed by atoms with Crippen molar-refractivity contribution in [2.45, 2.75) is 30.1 Å². The summed E-state index contributed by atoms with van der Waals surface area (Å²) < 4.78 is 28.4. The number of rotatable bonds is 7. The Morgan fingerprint density at radius 1 is 1.25 bits per heavy atom. The van der Waals surface area contributed by atoms with Crippen LogP contribution in [0.5, 0.6) is 0 Å². The van der Waals surface area contributed by atoms with Crippen molar-refractivity contribution >= 4 is 16.4 Å². The van der Waals surface area contributed by atoms with Crippen LogP contribution in [0.3, 0.4) is 0 Å². The van der Waals surface area contributed by atoms with Crippen molar-refractivity contribution < 1.29 is 32.7 Å². The van der Waals surface area contributed by atoms with E-state index in [-0.39, 0.29) is 11.2 Å². The molecule has 1 rings (SSSR count). The van der Waals surface area contributed by atoms with Crippen LogP contribution < -0.4 is 0 Å². The monoisotopic (exact) mass is 304 g/mol. The molecule has 1 aromatic carbocycles. The number of aliphatic hydroxyl groups excluding tert-OH is 3. The number of carbonyl (C=O) groups is 1. The second-order valence-electron chi connectivity index (χ2n) is 4.20. The molecule has 3 atom stereocenters. The molecule has 0 aliphatic heterocycles. The van der Waals surface area contributed by atoms with Gasteiger partial charge in [-0.25, -0.2) is 0 Å². The van der Waals surface area contributed by atoms with E-state index in [9.17, 15) is 23.4 Å². The Morgan fingerprint density at radius 3 is 2.25 bits per heavy atom. The SMILES string of the molecule is Cc1ccc(S(=O)(=O)O[C@H](C=O)[C@H](O)[C@H](O)CO)cc1. The zero-order valence-electron chi connectivity index (χ0n) is 10.7. The van der Waals surface area contributed by atoms with Crippen molar-refractivity contribution in [1.82, 2.24) is 0 Å². The van der Waals surface area contributed by atoms with Crippen molar-refractivity contribution in [2.24, 2.45) is 0 Å². The zero-order chi connectivity index (χ0) is 15.3. The van der Waals surface area contributed by atoms with Gasteiger partial charge in [0.2, 0.25) is 0 Å². The largest absolute Gasteiger partial charge is 0.394 e. The van der Waals surface area contributed by atoms with E-state index in [2.05, 4.69) is 4.18 Å². The molecule has 0 amide bonds. The van der Waals surface area contributed by atoms with Crippen LogP contribution >= 0.6 is 0 Å². The molecule has 0 fully saturated rings. The van der Waals surface area contributed by atoms with Crippen molar-refractivity contribution in [3.63, 3.8) is 0 Å². The van der Waals surface area contributed by atoms with Crippen LogP contribution in [0.2, 0.25) is 0 Å². The molecule has 0 aromatic heterocycles. The van der Waals surface area contributed by atoms with E-state index in [1.54, 1.807) is 19.1 Å². The van der Waals surface area contributed by atoms with E-state index in [0.717, 1.165) is 5.56 Å². The third-order valence-electron chi connectivity index (χ3n) is 2.60. The van der Waals surface area contributed by atoms with Gasteiger partial charge in [-0.05, 0) is 19.1 Å². The molecule has 0 spiro atoms. The fraction of sp³-hybridized carbons (Fsp3) is 0.417. The summed E-state index contributed by atoms with van der Waals surface area (Å²) in [7, 11) is -4.26. The lowest BCUT2D eigenvalue weighted by Gasteiger charge is -2.21. The molecular formula is C12H16O7S. The Bertz CT molecular complexity index is 537. The minimum absolute atomic E-state index is 0.0509. The highest BCUT2D eigenvalue weighted by Gasteiger charge is 2.31. The molecule has 0 heterocycles. The van der Waals surface area contributed by atoms with E-state index >= 15 is 0 Å². The van der Waals surface area contributed by atoms with Gasteiger partial charge in [-0.2, -0.15) is 8.42 Å². The number of aldehydes is 1. The molecule has 20 heavy (non-hydrogen) atoms. The molecule has 0 saturated carbocycles. The number of aliphatic hydroxyl groups is 3. The first-order chi connectivity index (χ1) is 9.31. The van der Waals surface area contributed by atoms with Gasteiger partial charge < -0.3 is 20.1 Å². The predicted molar refractivity (Wildman–Crippen MR) is 68.4 cm³/mol. The Kier molecular flexibility index (Phi) is 5.78. The lowest BCUT2D eigenvalue weighted by Crippen LogP contribution is -2.42. The Labute approximate surface area is 116 Å². The topological polar surface area (TPSA) is 121 Å². The van der Waals surface area contributed by atoms with E-state index in [0.29, 0.717) is 0 Å². The van der Waals surface area contributed by atoms with Crippen LogP contribution in [0.15, 0.2) is 29.2 Å². The van der Waals surface area contributed by atoms with Gasteiger partial charge in [0.05, 0.1) is 11.5 Å². The average Bonchev–Trinajstić information content (AvgIpc) is 2.43. The highest BCUT2D eigenvalue weighted by molar-refractivity contribution is 7.86. The summed E-state index contributed by atoms with van der Waals surface area (Å²) in [5.41, 5.74) is 0.839. The van der Waals surface area contributed by atoms with E-state index in [4.69, 9.17) is 5.11 Å². The predicted octanol–water partition coefficient (Wildman–Crippen LogP) is -1.02. The number of aryl methyl sites for hydroxylation is 1. The normalized spacial score (nSPS) is 16.4. The van der Waals surface area contributed by atoms with Gasteiger partial charge in [-0.3, -0.25) is 4.18 Å². The molecule has 7 nitrogen and oxygen atoms in total. The maximum absolute atomic E-state index is 11.9. The number of hydrogen-bond acceptors (Lipinski definition) is 7. The smallest absolute Gasteiger partial charge is 0.297 e. The maximum Gasteiger partial charge on any atom is 0.297 e. The van der Waals surface area contributed by atoms with Crippen LogP contribution in [-0.4, -0.2) is 54.9 Å². The minimum Gasteiger partial charge on any atom is -0.394 e. The number of carbonyl (C=O) groups excluding carboxylic acids is 1. The summed E-state index contributed by atoms with van der Waals surface area (Å²) in [5.74, 6) is 0. The molecule has 8 heteroatoms. The highest BCUT2D eigenvalue weighted by Crippen LogP contribution is 2.16. The van der Waals surface area contributed by atoms with Crippen LogP contribution in [0.25, 0.3) is 0 Å². The summed E-state index contributed by atoms with van der Waals surface area (Å²) in [4.78, 5) is 10.6. The molecule has 0 radical (unpaired) electrons. The van der Waals surface area contributed by atoms with Crippen molar-refractivity contribution in [2.75, 3.05) is 6.61 Å². The first-order valence-corrected chi connectivity index (χ1v) is 7.15. The first-order valence-electron chi connectivity index (χ1n) is 5.74. The third-order valence-corrected chi connectivity index (χ3v) is 3.92. The summed E-state index contributed by atoms with van der Waals surface area (Å²) >= 11 is 0. The second kappa shape index (κ2) is 6.91. The highest BCUT2D eigenvalue weighted by atomic mass is 32.2. The van der Waals surface area contributed by atoms with E-state index < -0.39 is 35.0 Å². The molecule has 112 valence electrons. The number of benzene rings is 1. The summed E-state index contributed by atoms with van der Waals surface area (Å²) in [6.07, 6.45) is -5.28. The summed E-state index contributed by atoms with van der Waals surface area (Å²) in [6.45, 7) is 0.937. The van der Waals surface area contributed by atoms with E-state index in [1.807, 2.05) is 0 Å². The fourth-order valence-electron chi connectivity index (χ4n) is 1.39. The lowest BCUT2D eigenvalue weighted by molar-refractivity contribution is -0.124. The van der Waals surface area contributed by atoms with Crippen LogP contribution in [0.4, 0.5) is 0 Å². The molecule has 3 N–H and O–H groups in total. The fourth-order valence-corrected chi connectivity index (χ4v) is 2.43. The standard InChI is InChI=1S/C12H16O7S/c1-8-2-4-9(5-3-8)20(17,18)19-11(7-14)12(16)10(15)6-13/h2-5,7,10-13,15-16H,6H2,1H3/t10-,11-,12-/m1/s1. The quantitative estimate of drug-likeness (QED) is 0.435. The van der Waals surface area contributed by atoms with Gasteiger partial charge in [0.15, 0.2) is 12.4 Å². The van der Waals surface area contributed by atoms with Crippen molar-refractivity contribution in [1.29, 1.82) is 0 Å². The second-order valence-corrected chi connectivity index (χ2v) is 5.78. The molecule has 0 saturated heterocycles. The summed E-state index contributed by atoms with van der Waals surface area (Å²) in [5, 5.41) is 27.4. The van der Waals surface area contributed by atoms with Gasteiger partial charge in [-0.15, -0.1) is 0 Å². The average molecular weight is 304 g/mol. The van der Waals surface area contributed by atoms with Gasteiger partial charge in [0, 0.05) is 0 Å². The van der Waals surface area contributed by atoms with Crippen LogP contribution in [-0.2, 0) is 19.1 Å². The molecule has 1 aromatic rings. The van der Waals surface area contributed by atoms with Crippen LogP contribution in [0, 0.1) is 6.92 Å². The summed E-state index contributed by atoms with van der Waals surface area (Å²) in [6, 6.07) is 5.68. The Morgan fingerprint density at radius 2 is 1.80 bits per heavy atom. The molecule has 0 unspecified atom stereocenters. The maximum atomic E-state index is 11.9. The third kappa shape index (κ3) is 4.09. The molecule has 0 aliphatic carbocycles. The van der Waals surface area contributed by atoms with Gasteiger partial charge in [-0.1, -0.05) is 17.7 Å².